The van der Waals surface area contributed by atoms with Gasteiger partial charge in [0.05, 0.1) is 35.7 Å². The van der Waals surface area contributed by atoms with Gasteiger partial charge in [0, 0.05) is 13.7 Å². The lowest BCUT2D eigenvalue weighted by molar-refractivity contribution is 0.117. The highest BCUT2D eigenvalue weighted by Crippen LogP contribution is 2.25. The minimum Gasteiger partial charge on any atom is -0.380 e. The molecule has 0 spiro atoms. The molecule has 0 bridgehead atoms. The molecule has 1 fully saturated rings. The number of hydrogen-bond donors (Lipinski definition) is 2. The summed E-state index contributed by atoms with van der Waals surface area (Å²) in [7, 11) is 1.74. The number of ether oxygens (including phenoxy) is 1. The highest BCUT2D eigenvalue weighted by atomic mass is 16.5. The molecule has 102 valence electrons. The minimum absolute atomic E-state index is 0.215. The maximum atomic E-state index is 8.80. The van der Waals surface area contributed by atoms with Gasteiger partial charge in [0.2, 0.25) is 0 Å². The summed E-state index contributed by atoms with van der Waals surface area (Å²) in [6, 6.07) is 9.81. The first-order chi connectivity index (χ1) is 9.80. The maximum absolute atomic E-state index is 8.80. The van der Waals surface area contributed by atoms with Crippen LogP contribution in [0, 0.1) is 11.3 Å². The second-order valence-corrected chi connectivity index (χ2v) is 4.93. The van der Waals surface area contributed by atoms with Gasteiger partial charge in [0.15, 0.2) is 0 Å². The predicted molar refractivity (Wildman–Crippen MR) is 74.9 cm³/mol. The highest BCUT2D eigenvalue weighted by Gasteiger charge is 2.27. The molecule has 20 heavy (non-hydrogen) atoms. The average Bonchev–Trinajstić information content (AvgIpc) is 3.16. The molecule has 5 heteroatoms. The van der Waals surface area contributed by atoms with E-state index in [-0.39, 0.29) is 12.1 Å². The Balaban J connectivity index is 1.78. The number of H-pyrrole nitrogens is 1. The van der Waals surface area contributed by atoms with Crippen LogP contribution < -0.4 is 5.32 Å². The zero-order valence-corrected chi connectivity index (χ0v) is 11.3. The molecule has 0 aliphatic carbocycles. The predicted octanol–water partition coefficient (Wildman–Crippen LogP) is 2.00. The summed E-state index contributed by atoms with van der Waals surface area (Å²) in [4.78, 5) is 7.79. The van der Waals surface area contributed by atoms with Crippen molar-refractivity contribution >= 4 is 0 Å². The van der Waals surface area contributed by atoms with Crippen LogP contribution in [0.4, 0.5) is 0 Å². The van der Waals surface area contributed by atoms with Crippen molar-refractivity contribution < 1.29 is 4.74 Å². The fraction of sp³-hybridized carbons (Fsp3) is 0.333. The van der Waals surface area contributed by atoms with Crippen LogP contribution in [0.25, 0.3) is 11.3 Å². The molecule has 1 aliphatic rings. The lowest BCUT2D eigenvalue weighted by atomic mass is 10.1. The van der Waals surface area contributed by atoms with Crippen molar-refractivity contribution in [1.29, 1.82) is 5.26 Å². The number of aromatic amines is 1. The second kappa shape index (κ2) is 5.45. The maximum Gasteiger partial charge on any atom is 0.123 e. The van der Waals surface area contributed by atoms with E-state index in [4.69, 9.17) is 10.00 Å². The van der Waals surface area contributed by atoms with Gasteiger partial charge in [-0.1, -0.05) is 12.1 Å². The molecule has 2 atom stereocenters. The monoisotopic (exact) mass is 268 g/mol. The number of rotatable bonds is 3. The molecule has 2 unspecified atom stereocenters. The number of methoxy groups -OCH3 is 1. The van der Waals surface area contributed by atoms with Crippen LogP contribution in [0.1, 0.15) is 23.9 Å². The van der Waals surface area contributed by atoms with Gasteiger partial charge in [0.25, 0.3) is 0 Å². The van der Waals surface area contributed by atoms with Crippen molar-refractivity contribution in [2.45, 2.75) is 18.6 Å². The van der Waals surface area contributed by atoms with E-state index in [1.54, 1.807) is 7.11 Å². The minimum atomic E-state index is 0.215. The van der Waals surface area contributed by atoms with Crippen LogP contribution >= 0.6 is 0 Å². The molecular formula is C15H16N4O. The smallest absolute Gasteiger partial charge is 0.123 e. The number of benzene rings is 1. The van der Waals surface area contributed by atoms with Crippen LogP contribution in [0.2, 0.25) is 0 Å². The van der Waals surface area contributed by atoms with E-state index >= 15 is 0 Å². The topological polar surface area (TPSA) is 73.7 Å². The largest absolute Gasteiger partial charge is 0.380 e. The summed E-state index contributed by atoms with van der Waals surface area (Å²) in [5.41, 5.74) is 2.66. The Morgan fingerprint density at radius 1 is 1.35 bits per heavy atom. The van der Waals surface area contributed by atoms with Gasteiger partial charge >= 0.3 is 0 Å². The number of imidazole rings is 1. The third kappa shape index (κ3) is 2.44. The molecule has 0 amide bonds. The fourth-order valence-corrected chi connectivity index (χ4v) is 2.48. The molecule has 3 rings (SSSR count). The van der Waals surface area contributed by atoms with E-state index in [9.17, 15) is 0 Å². The van der Waals surface area contributed by atoms with Crippen molar-refractivity contribution in [1.82, 2.24) is 15.3 Å². The Morgan fingerprint density at radius 3 is 2.80 bits per heavy atom. The van der Waals surface area contributed by atoms with E-state index in [1.165, 1.54) is 0 Å². The van der Waals surface area contributed by atoms with E-state index in [2.05, 4.69) is 21.4 Å². The van der Waals surface area contributed by atoms with Crippen LogP contribution in [0.5, 0.6) is 0 Å². The molecular weight excluding hydrogens is 252 g/mol. The van der Waals surface area contributed by atoms with Crippen molar-refractivity contribution in [3.63, 3.8) is 0 Å². The Hall–Kier alpha value is -2.16. The van der Waals surface area contributed by atoms with Crippen molar-refractivity contribution in [2.75, 3.05) is 13.7 Å². The van der Waals surface area contributed by atoms with Gasteiger partial charge in [-0.05, 0) is 24.1 Å². The Labute approximate surface area is 117 Å². The van der Waals surface area contributed by atoms with Crippen LogP contribution in [0.15, 0.2) is 30.5 Å². The van der Waals surface area contributed by atoms with E-state index < -0.39 is 0 Å². The Kier molecular flexibility index (Phi) is 3.50. The first kappa shape index (κ1) is 12.9. The average molecular weight is 268 g/mol. The van der Waals surface area contributed by atoms with Crippen LogP contribution in [-0.2, 0) is 4.74 Å². The lowest BCUT2D eigenvalue weighted by Gasteiger charge is -2.06. The van der Waals surface area contributed by atoms with Gasteiger partial charge < -0.3 is 15.0 Å². The number of nitrogens with one attached hydrogen (secondary N) is 2. The molecule has 0 radical (unpaired) electrons. The molecule has 1 aliphatic heterocycles. The zero-order valence-electron chi connectivity index (χ0n) is 11.3. The van der Waals surface area contributed by atoms with Crippen LogP contribution in [-0.4, -0.2) is 29.7 Å². The van der Waals surface area contributed by atoms with Crippen molar-refractivity contribution in [3.8, 4) is 17.3 Å². The van der Waals surface area contributed by atoms with E-state index in [0.717, 1.165) is 30.0 Å². The van der Waals surface area contributed by atoms with E-state index in [1.807, 2.05) is 30.5 Å². The normalized spacial score (nSPS) is 21.8. The number of nitriles is 1. The van der Waals surface area contributed by atoms with Gasteiger partial charge in [-0.3, -0.25) is 0 Å². The van der Waals surface area contributed by atoms with Crippen molar-refractivity contribution in [2.24, 2.45) is 0 Å². The first-order valence-corrected chi connectivity index (χ1v) is 6.62. The third-order valence-electron chi connectivity index (χ3n) is 3.67. The van der Waals surface area contributed by atoms with Gasteiger partial charge in [0.1, 0.15) is 5.82 Å². The number of hydrogen-bond acceptors (Lipinski definition) is 4. The molecule has 0 saturated carbocycles. The molecule has 2 aromatic rings. The fourth-order valence-electron chi connectivity index (χ4n) is 2.48. The van der Waals surface area contributed by atoms with Crippen LogP contribution in [0.3, 0.4) is 0 Å². The van der Waals surface area contributed by atoms with Gasteiger partial charge in [-0.25, -0.2) is 4.98 Å². The molecule has 2 N–H and O–H groups in total. The summed E-state index contributed by atoms with van der Waals surface area (Å²) in [5.74, 6) is 0.934. The van der Waals surface area contributed by atoms with Gasteiger partial charge in [-0.2, -0.15) is 5.26 Å². The summed E-state index contributed by atoms with van der Waals surface area (Å²) < 4.78 is 5.35. The van der Waals surface area contributed by atoms with E-state index in [0.29, 0.717) is 5.56 Å². The lowest BCUT2D eigenvalue weighted by Crippen LogP contribution is -2.16. The second-order valence-electron chi connectivity index (χ2n) is 4.93. The summed E-state index contributed by atoms with van der Waals surface area (Å²) in [6.45, 7) is 0.855. The molecule has 5 nitrogen and oxygen atoms in total. The first-order valence-electron chi connectivity index (χ1n) is 6.62. The Morgan fingerprint density at radius 2 is 2.15 bits per heavy atom. The van der Waals surface area contributed by atoms with Gasteiger partial charge in [-0.15, -0.1) is 0 Å². The molecule has 1 aromatic heterocycles. The van der Waals surface area contributed by atoms with Crippen molar-refractivity contribution in [3.05, 3.63) is 41.9 Å². The Bertz CT molecular complexity index is 626. The molecule has 1 saturated heterocycles. The summed E-state index contributed by atoms with van der Waals surface area (Å²) in [6.07, 6.45) is 3.01. The molecule has 1 aromatic carbocycles. The summed E-state index contributed by atoms with van der Waals surface area (Å²) in [5, 5.41) is 12.2. The number of aromatic nitrogens is 2. The standard InChI is InChI=1S/C15H16N4O/c1-20-12-6-13(17-8-12)15-18-9-14(19-15)11-4-2-10(7-16)3-5-11/h2-5,9,12-13,17H,6,8H2,1H3,(H,18,19). The third-order valence-corrected chi connectivity index (χ3v) is 3.67. The molecule has 2 heterocycles. The summed E-state index contributed by atoms with van der Waals surface area (Å²) >= 11 is 0. The SMILES string of the molecule is COC1CNC(c2ncc(-c3ccc(C#N)cc3)[nH]2)C1. The zero-order chi connectivity index (χ0) is 13.9. The number of nitrogens with zero attached hydrogens (tertiary/aromatic N) is 2. The quantitative estimate of drug-likeness (QED) is 0.893. The highest BCUT2D eigenvalue weighted by molar-refractivity contribution is 5.59.